The van der Waals surface area contributed by atoms with Crippen molar-refractivity contribution in [1.82, 2.24) is 9.80 Å². The number of nitrogens with one attached hydrogen (secondary N) is 2. The minimum absolute atomic E-state index is 0.0963. The highest BCUT2D eigenvalue weighted by Crippen LogP contribution is 2.30. The average molecular weight is 583 g/mol. The Morgan fingerprint density at radius 3 is 2.44 bits per heavy atom. The maximum absolute atomic E-state index is 13.3. The Morgan fingerprint density at radius 2 is 1.80 bits per heavy atom. The Bertz CT molecular complexity index is 1220. The van der Waals surface area contributed by atoms with Gasteiger partial charge in [0.25, 0.3) is 0 Å². The number of aliphatic hydroxyl groups excluding tert-OH is 1. The van der Waals surface area contributed by atoms with Crippen LogP contribution >= 0.6 is 0 Å². The maximum atomic E-state index is 13.3. The molecule has 3 atom stereocenters. The molecule has 0 aliphatic carbocycles. The summed E-state index contributed by atoms with van der Waals surface area (Å²) in [4.78, 5) is 41.1. The lowest BCUT2D eigenvalue weighted by molar-refractivity contribution is -0.142. The number of halogens is 4. The fourth-order valence-electron chi connectivity index (χ4n) is 4.31. The first-order valence-electron chi connectivity index (χ1n) is 13.1. The second-order valence-electron chi connectivity index (χ2n) is 10.2. The van der Waals surface area contributed by atoms with E-state index in [1.807, 2.05) is 6.92 Å². The van der Waals surface area contributed by atoms with Crippen LogP contribution in [-0.4, -0.2) is 77.8 Å². The first kappa shape index (κ1) is 31.7. The van der Waals surface area contributed by atoms with E-state index in [4.69, 9.17) is 4.74 Å². The first-order chi connectivity index (χ1) is 19.3. The van der Waals surface area contributed by atoms with E-state index in [9.17, 15) is 37.1 Å². The van der Waals surface area contributed by atoms with Crippen LogP contribution in [0.2, 0.25) is 0 Å². The number of urea groups is 1. The van der Waals surface area contributed by atoms with Crippen molar-refractivity contribution in [1.29, 1.82) is 0 Å². The molecule has 0 bridgehead atoms. The predicted octanol–water partition coefficient (Wildman–Crippen LogP) is 4.42. The van der Waals surface area contributed by atoms with Crippen LogP contribution in [0.3, 0.4) is 0 Å². The van der Waals surface area contributed by atoms with E-state index < -0.39 is 48.9 Å². The lowest BCUT2D eigenvalue weighted by Crippen LogP contribution is -2.48. The number of likely N-dealkylation sites (N-methyl/N-ethyl adjacent to an activating group) is 1. The SMILES string of the molecule is C[C@@H]1CN([C@@H](C)CO)C(=O)Cc2cc(NC(=O)CCC(F)(F)F)ccc2O[C@@H]1CN(C)C(=O)Nc1ccc(F)cc1. The zero-order valence-electron chi connectivity index (χ0n) is 23.0. The fourth-order valence-corrected chi connectivity index (χ4v) is 4.31. The van der Waals surface area contributed by atoms with Crippen LogP contribution in [0.25, 0.3) is 0 Å². The van der Waals surface area contributed by atoms with Crippen molar-refractivity contribution in [2.45, 2.75) is 51.4 Å². The molecule has 224 valence electrons. The number of anilines is 2. The minimum atomic E-state index is -4.47. The van der Waals surface area contributed by atoms with Crippen LogP contribution < -0.4 is 15.4 Å². The number of hydrogen-bond donors (Lipinski definition) is 3. The quantitative estimate of drug-likeness (QED) is 0.399. The minimum Gasteiger partial charge on any atom is -0.488 e. The van der Waals surface area contributed by atoms with Gasteiger partial charge in [0.15, 0.2) is 0 Å². The molecule has 1 aliphatic rings. The number of carbonyl (C=O) groups is 3. The molecule has 13 heteroatoms. The second kappa shape index (κ2) is 13.7. The smallest absolute Gasteiger partial charge is 0.389 e. The molecule has 0 spiro atoms. The molecule has 0 unspecified atom stereocenters. The van der Waals surface area contributed by atoms with Crippen molar-refractivity contribution in [2.24, 2.45) is 5.92 Å². The molecular weight excluding hydrogens is 548 g/mol. The Morgan fingerprint density at radius 1 is 1.15 bits per heavy atom. The van der Waals surface area contributed by atoms with Gasteiger partial charge in [0.1, 0.15) is 17.7 Å². The summed E-state index contributed by atoms with van der Waals surface area (Å²) in [5.74, 6) is -1.57. The number of ether oxygens (including phenoxy) is 1. The van der Waals surface area contributed by atoms with Gasteiger partial charge < -0.3 is 30.3 Å². The number of amides is 4. The molecule has 0 aromatic heterocycles. The van der Waals surface area contributed by atoms with Crippen LogP contribution in [0.4, 0.5) is 33.7 Å². The van der Waals surface area contributed by atoms with Gasteiger partial charge in [0, 0.05) is 42.9 Å². The highest BCUT2D eigenvalue weighted by molar-refractivity contribution is 5.91. The summed E-state index contributed by atoms with van der Waals surface area (Å²) < 4.78 is 57.1. The lowest BCUT2D eigenvalue weighted by Gasteiger charge is -2.34. The third-order valence-electron chi connectivity index (χ3n) is 6.73. The average Bonchev–Trinajstić information content (AvgIpc) is 2.95. The maximum Gasteiger partial charge on any atom is 0.389 e. The molecule has 9 nitrogen and oxygen atoms in total. The standard InChI is InChI=1S/C28H34F4N4O5/c1-17-14-36(18(2)16-37)26(39)13-19-12-22(33-25(38)10-11-28(30,31)32)8-9-23(19)41-24(17)15-35(3)27(40)34-21-6-4-20(29)5-7-21/h4-9,12,17-18,24,37H,10-11,13-16H2,1-3H3,(H,33,38)(H,34,40)/t17-,18+,24-/m1/s1. The number of aliphatic hydroxyl groups is 1. The number of hydrogen-bond acceptors (Lipinski definition) is 5. The molecule has 2 aromatic carbocycles. The third-order valence-corrected chi connectivity index (χ3v) is 6.73. The van der Waals surface area contributed by atoms with E-state index in [2.05, 4.69) is 10.6 Å². The van der Waals surface area contributed by atoms with Gasteiger partial charge >= 0.3 is 12.2 Å². The monoisotopic (exact) mass is 582 g/mol. The molecule has 1 heterocycles. The van der Waals surface area contributed by atoms with Gasteiger partial charge in [-0.1, -0.05) is 6.92 Å². The van der Waals surface area contributed by atoms with Gasteiger partial charge in [-0.05, 0) is 49.4 Å². The van der Waals surface area contributed by atoms with Crippen molar-refractivity contribution in [3.8, 4) is 5.75 Å². The lowest BCUT2D eigenvalue weighted by atomic mass is 10.0. The molecule has 0 radical (unpaired) electrons. The molecule has 0 saturated carbocycles. The zero-order valence-corrected chi connectivity index (χ0v) is 23.0. The molecule has 3 N–H and O–H groups in total. The molecule has 0 saturated heterocycles. The van der Waals surface area contributed by atoms with Crippen LogP contribution in [-0.2, 0) is 16.0 Å². The van der Waals surface area contributed by atoms with Crippen LogP contribution in [0.15, 0.2) is 42.5 Å². The fraction of sp³-hybridized carbons (Fsp3) is 0.464. The van der Waals surface area contributed by atoms with E-state index in [0.717, 1.165) is 0 Å². The highest BCUT2D eigenvalue weighted by atomic mass is 19.4. The largest absolute Gasteiger partial charge is 0.488 e. The number of alkyl halides is 3. The van der Waals surface area contributed by atoms with E-state index in [1.54, 1.807) is 14.0 Å². The summed E-state index contributed by atoms with van der Waals surface area (Å²) in [7, 11) is 1.56. The Kier molecular flexibility index (Phi) is 10.5. The van der Waals surface area contributed by atoms with Gasteiger partial charge in [0.05, 0.1) is 32.0 Å². The van der Waals surface area contributed by atoms with Crippen LogP contribution in [0, 0.1) is 11.7 Å². The summed E-state index contributed by atoms with van der Waals surface area (Å²) in [5, 5.41) is 14.9. The topological polar surface area (TPSA) is 111 Å². The molecule has 4 amide bonds. The number of nitrogens with zero attached hydrogens (tertiary/aromatic N) is 2. The van der Waals surface area contributed by atoms with Crippen molar-refractivity contribution in [2.75, 3.05) is 37.4 Å². The van der Waals surface area contributed by atoms with E-state index >= 15 is 0 Å². The highest BCUT2D eigenvalue weighted by Gasteiger charge is 2.32. The van der Waals surface area contributed by atoms with Gasteiger partial charge in [-0.2, -0.15) is 13.2 Å². The zero-order chi connectivity index (χ0) is 30.3. The van der Waals surface area contributed by atoms with Crippen molar-refractivity contribution >= 4 is 29.2 Å². The Hall–Kier alpha value is -3.87. The Labute approximate surface area is 235 Å². The Balaban J connectivity index is 1.84. The number of fused-ring (bicyclic) bond motifs is 1. The van der Waals surface area contributed by atoms with Crippen molar-refractivity contribution in [3.63, 3.8) is 0 Å². The molecule has 3 rings (SSSR count). The van der Waals surface area contributed by atoms with Gasteiger partial charge in [0.2, 0.25) is 11.8 Å². The molecule has 2 aromatic rings. The van der Waals surface area contributed by atoms with E-state index in [-0.39, 0.29) is 43.6 Å². The summed E-state index contributed by atoms with van der Waals surface area (Å²) in [6, 6.07) is 8.76. The molecule has 1 aliphatic heterocycles. The summed E-state index contributed by atoms with van der Waals surface area (Å²) in [6.07, 6.45) is -7.25. The van der Waals surface area contributed by atoms with Crippen LogP contribution in [0.5, 0.6) is 5.75 Å². The van der Waals surface area contributed by atoms with Crippen molar-refractivity contribution in [3.05, 3.63) is 53.8 Å². The summed E-state index contributed by atoms with van der Waals surface area (Å²) in [5.41, 5.74) is 0.986. The number of carbonyl (C=O) groups excluding carboxylic acids is 3. The summed E-state index contributed by atoms with van der Waals surface area (Å²) in [6.45, 7) is 3.57. The summed E-state index contributed by atoms with van der Waals surface area (Å²) >= 11 is 0. The number of benzene rings is 2. The van der Waals surface area contributed by atoms with Crippen molar-refractivity contribution < 1.29 is 41.8 Å². The molecular formula is C28H34F4N4O5. The molecule has 0 fully saturated rings. The van der Waals surface area contributed by atoms with Crippen LogP contribution in [0.1, 0.15) is 32.3 Å². The predicted molar refractivity (Wildman–Crippen MR) is 144 cm³/mol. The van der Waals surface area contributed by atoms with Gasteiger partial charge in [-0.3, -0.25) is 9.59 Å². The second-order valence-corrected chi connectivity index (χ2v) is 10.2. The van der Waals surface area contributed by atoms with Gasteiger partial charge in [-0.25, -0.2) is 9.18 Å². The van der Waals surface area contributed by atoms with E-state index in [1.165, 1.54) is 52.3 Å². The normalized spacial score (nSPS) is 18.2. The first-order valence-corrected chi connectivity index (χ1v) is 13.1. The molecule has 41 heavy (non-hydrogen) atoms. The third kappa shape index (κ3) is 9.34. The van der Waals surface area contributed by atoms with Gasteiger partial charge in [-0.15, -0.1) is 0 Å². The number of rotatable bonds is 8. The van der Waals surface area contributed by atoms with E-state index in [0.29, 0.717) is 17.0 Å².